The van der Waals surface area contributed by atoms with Gasteiger partial charge in [-0.1, -0.05) is 91.0 Å². The Bertz CT molecular complexity index is 1150. The first kappa shape index (κ1) is 22.0. The Labute approximate surface area is 189 Å². The summed E-state index contributed by atoms with van der Waals surface area (Å²) in [5, 5.41) is 0. The number of rotatable bonds is 7. The summed E-state index contributed by atoms with van der Waals surface area (Å²) in [7, 11) is -4.10. The quantitative estimate of drug-likeness (QED) is 0.405. The number of hydrogen-bond donors (Lipinski definition) is 1. The van der Waals surface area contributed by atoms with E-state index < -0.39 is 16.0 Å². The molecule has 0 atom stereocenters. The standard InChI is InChI=1S/C26H26N2O3S/c29-32(30,31)20-28-18-10-17-24(28)19-25(21-11-4-1-5-12-21)27-26(22-13-6-2-7-14-22)23-15-8-3-9-16-23/h1-9,11-16,19,26H,10,17-18,20H2,(H,29,30,31). The maximum Gasteiger partial charge on any atom is 0.283 e. The van der Waals surface area contributed by atoms with Gasteiger partial charge in [0.1, 0.15) is 11.9 Å². The van der Waals surface area contributed by atoms with E-state index in [1.54, 1.807) is 4.90 Å². The van der Waals surface area contributed by atoms with Gasteiger partial charge in [-0.3, -0.25) is 9.55 Å². The van der Waals surface area contributed by atoms with E-state index in [4.69, 9.17) is 4.99 Å². The lowest BCUT2D eigenvalue weighted by Gasteiger charge is -2.20. The molecule has 0 unspecified atom stereocenters. The molecule has 32 heavy (non-hydrogen) atoms. The molecule has 0 aliphatic carbocycles. The Morgan fingerprint density at radius 1 is 0.906 bits per heavy atom. The van der Waals surface area contributed by atoms with Crippen molar-refractivity contribution in [1.82, 2.24) is 4.90 Å². The Kier molecular flexibility index (Phi) is 6.83. The fourth-order valence-electron chi connectivity index (χ4n) is 3.97. The van der Waals surface area contributed by atoms with Crippen LogP contribution < -0.4 is 0 Å². The second-order valence-electron chi connectivity index (χ2n) is 7.82. The van der Waals surface area contributed by atoms with Crippen molar-refractivity contribution < 1.29 is 13.0 Å². The third-order valence-electron chi connectivity index (χ3n) is 5.46. The minimum atomic E-state index is -4.10. The van der Waals surface area contributed by atoms with Crippen molar-refractivity contribution in [2.24, 2.45) is 4.99 Å². The molecule has 0 spiro atoms. The van der Waals surface area contributed by atoms with E-state index in [0.717, 1.165) is 40.9 Å². The first-order chi connectivity index (χ1) is 15.5. The molecule has 1 aliphatic heterocycles. The van der Waals surface area contributed by atoms with E-state index in [1.807, 2.05) is 72.8 Å². The van der Waals surface area contributed by atoms with Gasteiger partial charge in [0.25, 0.3) is 10.1 Å². The van der Waals surface area contributed by atoms with Gasteiger partial charge in [0.15, 0.2) is 0 Å². The number of likely N-dealkylation sites (tertiary alicyclic amines) is 1. The average Bonchev–Trinajstić information content (AvgIpc) is 3.23. The minimum absolute atomic E-state index is 0.208. The van der Waals surface area contributed by atoms with Crippen molar-refractivity contribution in [2.75, 3.05) is 12.4 Å². The largest absolute Gasteiger partial charge is 0.359 e. The molecule has 0 bridgehead atoms. The van der Waals surface area contributed by atoms with E-state index in [9.17, 15) is 13.0 Å². The number of aliphatic imine (C=N–C) groups is 1. The van der Waals surface area contributed by atoms with Crippen molar-refractivity contribution in [3.05, 3.63) is 119 Å². The summed E-state index contributed by atoms with van der Waals surface area (Å²) in [5.74, 6) is -0.401. The lowest BCUT2D eigenvalue weighted by molar-refractivity contribution is 0.407. The third-order valence-corrected chi connectivity index (χ3v) is 6.10. The molecule has 1 aliphatic rings. The summed E-state index contributed by atoms with van der Waals surface area (Å²) in [6.45, 7) is 0.592. The third kappa shape index (κ3) is 5.72. The highest BCUT2D eigenvalue weighted by molar-refractivity contribution is 7.85. The second kappa shape index (κ2) is 9.94. The van der Waals surface area contributed by atoms with Gasteiger partial charge in [-0.05, 0) is 35.6 Å². The van der Waals surface area contributed by atoms with Crippen molar-refractivity contribution in [3.8, 4) is 0 Å². The highest BCUT2D eigenvalue weighted by Gasteiger charge is 2.23. The zero-order chi connectivity index (χ0) is 22.4. The van der Waals surface area contributed by atoms with Gasteiger partial charge < -0.3 is 4.90 Å². The fourth-order valence-corrected chi connectivity index (χ4v) is 4.66. The van der Waals surface area contributed by atoms with Crippen molar-refractivity contribution in [2.45, 2.75) is 18.9 Å². The molecule has 5 nitrogen and oxygen atoms in total. The van der Waals surface area contributed by atoms with Crippen molar-refractivity contribution in [3.63, 3.8) is 0 Å². The summed E-state index contributed by atoms with van der Waals surface area (Å²) in [6, 6.07) is 30.0. The van der Waals surface area contributed by atoms with E-state index in [2.05, 4.69) is 24.3 Å². The van der Waals surface area contributed by atoms with Crippen LogP contribution in [0, 0.1) is 0 Å². The lowest BCUT2D eigenvalue weighted by atomic mass is 9.98. The molecule has 0 radical (unpaired) electrons. The Morgan fingerprint density at radius 3 is 1.97 bits per heavy atom. The fraction of sp³-hybridized carbons (Fsp3) is 0.192. The topological polar surface area (TPSA) is 70.0 Å². The van der Waals surface area contributed by atoms with Crippen LogP contribution in [0.15, 0.2) is 108 Å². The van der Waals surface area contributed by atoms with Crippen LogP contribution in [0.2, 0.25) is 0 Å². The number of nitrogens with zero attached hydrogens (tertiary/aromatic N) is 2. The van der Waals surface area contributed by atoms with Gasteiger partial charge in [0, 0.05) is 12.2 Å². The smallest absolute Gasteiger partial charge is 0.283 e. The van der Waals surface area contributed by atoms with Gasteiger partial charge in [0.05, 0.1) is 5.71 Å². The lowest BCUT2D eigenvalue weighted by Crippen LogP contribution is -2.26. The second-order valence-corrected chi connectivity index (χ2v) is 9.24. The van der Waals surface area contributed by atoms with E-state index in [0.29, 0.717) is 6.54 Å². The average molecular weight is 447 g/mol. The first-order valence-electron chi connectivity index (χ1n) is 10.6. The van der Waals surface area contributed by atoms with Crippen LogP contribution in [0.25, 0.3) is 0 Å². The molecule has 3 aromatic rings. The molecule has 0 aromatic heterocycles. The Hall–Kier alpha value is -3.22. The highest BCUT2D eigenvalue weighted by atomic mass is 32.2. The maximum atomic E-state index is 11.5. The van der Waals surface area contributed by atoms with Crippen LogP contribution in [0.4, 0.5) is 0 Å². The van der Waals surface area contributed by atoms with Crippen LogP contribution in [-0.2, 0) is 10.1 Å². The van der Waals surface area contributed by atoms with E-state index >= 15 is 0 Å². The van der Waals surface area contributed by atoms with Crippen LogP contribution in [0.5, 0.6) is 0 Å². The number of benzene rings is 3. The summed E-state index contributed by atoms with van der Waals surface area (Å²) in [4.78, 5) is 6.90. The molecule has 4 rings (SSSR count). The summed E-state index contributed by atoms with van der Waals surface area (Å²) in [6.07, 6.45) is 3.54. The zero-order valence-corrected chi connectivity index (χ0v) is 18.5. The zero-order valence-electron chi connectivity index (χ0n) is 17.7. The molecule has 1 heterocycles. The van der Waals surface area contributed by atoms with Crippen LogP contribution in [-0.4, -0.2) is 36.0 Å². The summed E-state index contributed by atoms with van der Waals surface area (Å²) >= 11 is 0. The SMILES string of the molecule is O=S(=O)(O)CN1CCCC1=CC(=NC(c1ccccc1)c1ccccc1)c1ccccc1. The summed E-state index contributed by atoms with van der Waals surface area (Å²) in [5.41, 5.74) is 4.75. The molecule has 6 heteroatoms. The van der Waals surface area contributed by atoms with Gasteiger partial charge >= 0.3 is 0 Å². The number of hydrogen-bond acceptors (Lipinski definition) is 4. The van der Waals surface area contributed by atoms with Crippen molar-refractivity contribution >= 4 is 15.8 Å². The predicted molar refractivity (Wildman–Crippen MR) is 128 cm³/mol. The molecule has 0 saturated carbocycles. The molecule has 164 valence electrons. The van der Waals surface area contributed by atoms with E-state index in [1.165, 1.54) is 0 Å². The predicted octanol–water partition coefficient (Wildman–Crippen LogP) is 5.09. The monoisotopic (exact) mass is 446 g/mol. The number of allylic oxidation sites excluding steroid dienone is 2. The first-order valence-corrected chi connectivity index (χ1v) is 12.2. The molecule has 1 N–H and O–H groups in total. The highest BCUT2D eigenvalue weighted by Crippen LogP contribution is 2.28. The van der Waals surface area contributed by atoms with E-state index in [-0.39, 0.29) is 6.04 Å². The molecular formula is C26H26N2O3S. The van der Waals surface area contributed by atoms with Crippen molar-refractivity contribution in [1.29, 1.82) is 0 Å². The van der Waals surface area contributed by atoms with Crippen LogP contribution >= 0.6 is 0 Å². The molecule has 0 amide bonds. The Morgan fingerprint density at radius 2 is 1.44 bits per heavy atom. The minimum Gasteiger partial charge on any atom is -0.359 e. The molecular weight excluding hydrogens is 420 g/mol. The molecule has 1 fully saturated rings. The van der Waals surface area contributed by atoms with Gasteiger partial charge in [-0.15, -0.1) is 0 Å². The molecule has 3 aromatic carbocycles. The summed E-state index contributed by atoms with van der Waals surface area (Å²) < 4.78 is 32.3. The molecule has 1 saturated heterocycles. The normalized spacial score (nSPS) is 16.1. The van der Waals surface area contributed by atoms with Gasteiger partial charge in [0.2, 0.25) is 0 Å². The van der Waals surface area contributed by atoms with Crippen LogP contribution in [0.3, 0.4) is 0 Å². The Balaban J connectivity index is 1.82. The van der Waals surface area contributed by atoms with Gasteiger partial charge in [-0.25, -0.2) is 0 Å². The van der Waals surface area contributed by atoms with Gasteiger partial charge in [-0.2, -0.15) is 8.42 Å². The maximum absolute atomic E-state index is 11.5. The van der Waals surface area contributed by atoms with Crippen LogP contribution in [0.1, 0.15) is 35.6 Å².